The molecule has 0 radical (unpaired) electrons. The van der Waals surface area contributed by atoms with Crippen molar-refractivity contribution in [2.24, 2.45) is 4.99 Å². The van der Waals surface area contributed by atoms with Crippen molar-refractivity contribution in [1.82, 2.24) is 10.6 Å². The van der Waals surface area contributed by atoms with Crippen LogP contribution >= 0.6 is 0 Å². The summed E-state index contributed by atoms with van der Waals surface area (Å²) >= 11 is 0. The smallest absolute Gasteiger partial charge is 0.191 e. The molecule has 134 valence electrons. The zero-order chi connectivity index (χ0) is 17.2. The number of aryl methyl sites for hydroxylation is 1. The molecular weight excluding hydrogens is 309 g/mol. The average Bonchev–Trinajstić information content (AvgIpc) is 3.10. The Balaban J connectivity index is 1.57. The third-order valence-electron chi connectivity index (χ3n) is 4.01. The van der Waals surface area contributed by atoms with Crippen molar-refractivity contribution in [1.29, 1.82) is 0 Å². The Kier molecular flexibility index (Phi) is 7.98. The molecular formula is C18H28FN3O2. The van der Waals surface area contributed by atoms with Gasteiger partial charge < -0.3 is 20.1 Å². The van der Waals surface area contributed by atoms with E-state index in [1.54, 1.807) is 26.1 Å². The number of ether oxygens (including phenoxy) is 2. The van der Waals surface area contributed by atoms with E-state index in [4.69, 9.17) is 9.47 Å². The van der Waals surface area contributed by atoms with Crippen LogP contribution in [0.1, 0.15) is 30.4 Å². The molecule has 1 aromatic rings. The lowest BCUT2D eigenvalue weighted by atomic mass is 10.1. The maximum absolute atomic E-state index is 13.5. The van der Waals surface area contributed by atoms with Crippen molar-refractivity contribution in [3.63, 3.8) is 0 Å². The van der Waals surface area contributed by atoms with E-state index in [-0.39, 0.29) is 11.9 Å². The minimum absolute atomic E-state index is 0.180. The normalized spacial score (nSPS) is 18.0. The fraction of sp³-hybridized carbons (Fsp3) is 0.611. The Morgan fingerprint density at radius 2 is 2.29 bits per heavy atom. The lowest BCUT2D eigenvalue weighted by Crippen LogP contribution is -2.37. The van der Waals surface area contributed by atoms with Crippen molar-refractivity contribution in [2.45, 2.75) is 38.8 Å². The van der Waals surface area contributed by atoms with Gasteiger partial charge in [-0.25, -0.2) is 4.39 Å². The number of halogens is 1. The van der Waals surface area contributed by atoms with Gasteiger partial charge in [0.1, 0.15) is 5.82 Å². The van der Waals surface area contributed by atoms with Crippen LogP contribution in [-0.2, 0) is 16.0 Å². The minimum atomic E-state index is -0.180. The highest BCUT2D eigenvalue weighted by Crippen LogP contribution is 2.11. The first-order chi connectivity index (χ1) is 11.7. The largest absolute Gasteiger partial charge is 0.379 e. The van der Waals surface area contributed by atoms with Gasteiger partial charge in [0.15, 0.2) is 5.96 Å². The van der Waals surface area contributed by atoms with Crippen molar-refractivity contribution >= 4 is 5.96 Å². The first-order valence-electron chi connectivity index (χ1n) is 8.58. The van der Waals surface area contributed by atoms with Gasteiger partial charge in [-0.05, 0) is 43.4 Å². The summed E-state index contributed by atoms with van der Waals surface area (Å²) in [5.74, 6) is 0.524. The Morgan fingerprint density at radius 3 is 3.00 bits per heavy atom. The number of aliphatic imine (C=N–C) groups is 1. The Morgan fingerprint density at radius 1 is 1.42 bits per heavy atom. The van der Waals surface area contributed by atoms with Crippen LogP contribution in [0, 0.1) is 12.7 Å². The summed E-state index contributed by atoms with van der Waals surface area (Å²) in [7, 11) is 1.72. The third-order valence-corrected chi connectivity index (χ3v) is 4.01. The lowest BCUT2D eigenvalue weighted by molar-refractivity contribution is 0.0168. The molecule has 0 aliphatic carbocycles. The summed E-state index contributed by atoms with van der Waals surface area (Å²) < 4.78 is 24.7. The minimum Gasteiger partial charge on any atom is -0.379 e. The third kappa shape index (κ3) is 6.45. The van der Waals surface area contributed by atoms with Crippen LogP contribution in [0.5, 0.6) is 0 Å². The molecule has 1 fully saturated rings. The quantitative estimate of drug-likeness (QED) is 0.434. The van der Waals surface area contributed by atoms with Gasteiger partial charge in [-0.2, -0.15) is 0 Å². The predicted octanol–water partition coefficient (Wildman–Crippen LogP) is 2.38. The van der Waals surface area contributed by atoms with E-state index >= 15 is 0 Å². The number of rotatable bonds is 8. The van der Waals surface area contributed by atoms with E-state index in [1.165, 1.54) is 0 Å². The van der Waals surface area contributed by atoms with E-state index < -0.39 is 0 Å². The fourth-order valence-corrected chi connectivity index (χ4v) is 2.52. The Bertz CT molecular complexity index is 531. The van der Waals surface area contributed by atoms with Crippen molar-refractivity contribution < 1.29 is 13.9 Å². The lowest BCUT2D eigenvalue weighted by Gasteiger charge is -2.13. The SMILES string of the molecule is CN=C(NCCCOCC1CCCO1)NCc1ccc(C)c(F)c1. The van der Waals surface area contributed by atoms with Gasteiger partial charge in [-0.1, -0.05) is 12.1 Å². The molecule has 1 saturated heterocycles. The van der Waals surface area contributed by atoms with Gasteiger partial charge in [0.2, 0.25) is 0 Å². The molecule has 1 unspecified atom stereocenters. The van der Waals surface area contributed by atoms with Crippen LogP contribution in [0.15, 0.2) is 23.2 Å². The second-order valence-electron chi connectivity index (χ2n) is 6.00. The molecule has 1 aromatic carbocycles. The molecule has 1 atom stereocenters. The number of nitrogens with zero attached hydrogens (tertiary/aromatic N) is 1. The second kappa shape index (κ2) is 10.3. The van der Waals surface area contributed by atoms with Crippen LogP contribution < -0.4 is 10.6 Å². The first-order valence-corrected chi connectivity index (χ1v) is 8.58. The van der Waals surface area contributed by atoms with Crippen molar-refractivity contribution in [3.8, 4) is 0 Å². The summed E-state index contributed by atoms with van der Waals surface area (Å²) in [5, 5.41) is 6.41. The molecule has 1 aliphatic rings. The molecule has 2 N–H and O–H groups in total. The van der Waals surface area contributed by atoms with Gasteiger partial charge in [-0.3, -0.25) is 4.99 Å². The van der Waals surface area contributed by atoms with Crippen molar-refractivity contribution in [2.75, 3.05) is 33.4 Å². The van der Waals surface area contributed by atoms with Gasteiger partial charge >= 0.3 is 0 Å². The highest BCUT2D eigenvalue weighted by atomic mass is 19.1. The van der Waals surface area contributed by atoms with E-state index in [9.17, 15) is 4.39 Å². The van der Waals surface area contributed by atoms with Gasteiger partial charge in [-0.15, -0.1) is 0 Å². The van der Waals surface area contributed by atoms with Crippen LogP contribution in [0.2, 0.25) is 0 Å². The molecule has 24 heavy (non-hydrogen) atoms. The standard InChI is InChI=1S/C18H28FN3O2/c1-14-6-7-15(11-17(14)19)12-22-18(20-2)21-8-4-9-23-13-16-5-3-10-24-16/h6-7,11,16H,3-5,8-10,12-13H2,1-2H3,(H2,20,21,22). The van der Waals surface area contributed by atoms with Crippen LogP contribution in [0.25, 0.3) is 0 Å². The molecule has 2 rings (SSSR count). The zero-order valence-corrected chi connectivity index (χ0v) is 14.6. The summed E-state index contributed by atoms with van der Waals surface area (Å²) in [4.78, 5) is 4.16. The number of benzene rings is 1. The number of hydrogen-bond donors (Lipinski definition) is 2. The van der Waals surface area contributed by atoms with Gasteiger partial charge in [0, 0.05) is 33.4 Å². The molecule has 5 nitrogen and oxygen atoms in total. The summed E-state index contributed by atoms with van der Waals surface area (Å²) in [5.41, 5.74) is 1.55. The van der Waals surface area contributed by atoms with E-state index in [0.29, 0.717) is 31.3 Å². The second-order valence-corrected chi connectivity index (χ2v) is 6.00. The molecule has 1 heterocycles. The monoisotopic (exact) mass is 337 g/mol. The number of hydrogen-bond acceptors (Lipinski definition) is 3. The molecule has 0 saturated carbocycles. The zero-order valence-electron chi connectivity index (χ0n) is 14.6. The molecule has 0 aromatic heterocycles. The maximum Gasteiger partial charge on any atom is 0.191 e. The first kappa shape index (κ1) is 18.7. The predicted molar refractivity (Wildman–Crippen MR) is 93.7 cm³/mol. The molecule has 0 bridgehead atoms. The molecule has 6 heteroatoms. The number of nitrogens with one attached hydrogen (secondary N) is 2. The maximum atomic E-state index is 13.5. The average molecular weight is 337 g/mol. The molecule has 1 aliphatic heterocycles. The molecule has 0 spiro atoms. The van der Waals surface area contributed by atoms with Gasteiger partial charge in [0.25, 0.3) is 0 Å². The highest BCUT2D eigenvalue weighted by molar-refractivity contribution is 5.79. The summed E-state index contributed by atoms with van der Waals surface area (Å²) in [6, 6.07) is 5.25. The van der Waals surface area contributed by atoms with Crippen LogP contribution in [-0.4, -0.2) is 45.5 Å². The Hall–Kier alpha value is -1.66. The summed E-state index contributed by atoms with van der Waals surface area (Å²) in [6.45, 7) is 5.31. The van der Waals surface area contributed by atoms with Gasteiger partial charge in [0.05, 0.1) is 12.7 Å². The fourth-order valence-electron chi connectivity index (χ4n) is 2.52. The van der Waals surface area contributed by atoms with E-state index in [0.717, 1.165) is 38.0 Å². The number of guanidine groups is 1. The van der Waals surface area contributed by atoms with E-state index in [2.05, 4.69) is 15.6 Å². The van der Waals surface area contributed by atoms with Crippen LogP contribution in [0.4, 0.5) is 4.39 Å². The summed E-state index contributed by atoms with van der Waals surface area (Å²) in [6.07, 6.45) is 3.42. The van der Waals surface area contributed by atoms with E-state index in [1.807, 2.05) is 6.07 Å². The topological polar surface area (TPSA) is 54.9 Å². The highest BCUT2D eigenvalue weighted by Gasteiger charge is 2.14. The van der Waals surface area contributed by atoms with Crippen LogP contribution in [0.3, 0.4) is 0 Å². The Labute approximate surface area is 143 Å². The van der Waals surface area contributed by atoms with Crippen molar-refractivity contribution in [3.05, 3.63) is 35.1 Å². The molecule has 0 amide bonds.